The van der Waals surface area contributed by atoms with Crippen LogP contribution in [0.25, 0.3) is 0 Å². The lowest BCUT2D eigenvalue weighted by Crippen LogP contribution is -2.22. The van der Waals surface area contributed by atoms with Crippen LogP contribution in [0.4, 0.5) is 4.39 Å². The number of benzene rings is 1. The molecule has 0 aliphatic rings. The number of aliphatic hydroxyl groups is 1. The van der Waals surface area contributed by atoms with Gasteiger partial charge in [0.05, 0.1) is 6.61 Å². The number of rotatable bonds is 4. The first kappa shape index (κ1) is 11.4. The molecule has 0 spiro atoms. The lowest BCUT2D eigenvalue weighted by atomic mass is 10.1. The van der Waals surface area contributed by atoms with Crippen molar-refractivity contribution in [3.8, 4) is 0 Å². The quantitative estimate of drug-likeness (QED) is 0.810. The number of hydrogen-bond donors (Lipinski definition) is 2. The molecule has 0 bridgehead atoms. The van der Waals surface area contributed by atoms with E-state index in [0.717, 1.165) is 5.56 Å². The second-order valence-corrected chi connectivity index (χ2v) is 3.47. The van der Waals surface area contributed by atoms with Gasteiger partial charge in [0.25, 0.3) is 0 Å². The Morgan fingerprint density at radius 3 is 2.86 bits per heavy atom. The van der Waals surface area contributed by atoms with Gasteiger partial charge in [0.1, 0.15) is 5.82 Å². The molecule has 1 rings (SSSR count). The molecule has 0 fully saturated rings. The first-order chi connectivity index (χ1) is 6.65. The van der Waals surface area contributed by atoms with E-state index in [0.29, 0.717) is 11.6 Å². The Kier molecular flexibility index (Phi) is 4.32. The zero-order valence-electron chi connectivity index (χ0n) is 7.93. The van der Waals surface area contributed by atoms with Gasteiger partial charge in [0.15, 0.2) is 0 Å². The third-order valence-corrected chi connectivity index (χ3v) is 2.32. The topological polar surface area (TPSA) is 32.3 Å². The minimum Gasteiger partial charge on any atom is -0.395 e. The van der Waals surface area contributed by atoms with Crippen LogP contribution in [-0.2, 0) is 0 Å². The molecular formula is C10H13ClFNO. The Balaban J connectivity index is 2.74. The van der Waals surface area contributed by atoms with Gasteiger partial charge in [-0.15, -0.1) is 0 Å². The average molecular weight is 218 g/mol. The molecule has 1 aromatic rings. The molecule has 2 N–H and O–H groups in total. The average Bonchev–Trinajstić information content (AvgIpc) is 2.14. The van der Waals surface area contributed by atoms with Crippen LogP contribution in [0.15, 0.2) is 18.2 Å². The standard InChI is InChI=1S/C10H13ClFNO/c1-7(13-4-5-14)9-3-2-8(12)6-10(9)11/h2-3,6-7,13-14H,4-5H2,1H3/t7-/m0/s1. The van der Waals surface area contributed by atoms with Gasteiger partial charge >= 0.3 is 0 Å². The highest BCUT2D eigenvalue weighted by Crippen LogP contribution is 2.23. The smallest absolute Gasteiger partial charge is 0.124 e. The van der Waals surface area contributed by atoms with Crippen molar-refractivity contribution < 1.29 is 9.50 Å². The summed E-state index contributed by atoms with van der Waals surface area (Å²) >= 11 is 5.86. The molecule has 0 aliphatic heterocycles. The van der Waals surface area contributed by atoms with Crippen LogP contribution in [0.2, 0.25) is 5.02 Å². The zero-order valence-corrected chi connectivity index (χ0v) is 8.68. The Labute approximate surface area is 87.7 Å². The molecule has 0 heterocycles. The van der Waals surface area contributed by atoms with E-state index in [1.807, 2.05) is 6.92 Å². The number of aliphatic hydroxyl groups excluding tert-OH is 1. The molecule has 1 atom stereocenters. The first-order valence-electron chi connectivity index (χ1n) is 4.44. The van der Waals surface area contributed by atoms with Crippen molar-refractivity contribution in [2.75, 3.05) is 13.2 Å². The van der Waals surface area contributed by atoms with Crippen molar-refractivity contribution in [3.05, 3.63) is 34.6 Å². The van der Waals surface area contributed by atoms with E-state index in [1.54, 1.807) is 6.07 Å². The molecule has 0 saturated heterocycles. The van der Waals surface area contributed by atoms with Gasteiger partial charge in [0, 0.05) is 17.6 Å². The Morgan fingerprint density at radius 2 is 2.29 bits per heavy atom. The summed E-state index contributed by atoms with van der Waals surface area (Å²) in [6.07, 6.45) is 0. The summed E-state index contributed by atoms with van der Waals surface area (Å²) < 4.78 is 12.7. The van der Waals surface area contributed by atoms with Gasteiger partial charge in [-0.3, -0.25) is 0 Å². The predicted molar refractivity (Wildman–Crippen MR) is 54.9 cm³/mol. The summed E-state index contributed by atoms with van der Waals surface area (Å²) in [5.41, 5.74) is 0.835. The third-order valence-electron chi connectivity index (χ3n) is 1.99. The van der Waals surface area contributed by atoms with E-state index >= 15 is 0 Å². The summed E-state index contributed by atoms with van der Waals surface area (Å²) in [5.74, 6) is -0.340. The molecule has 0 amide bonds. The van der Waals surface area contributed by atoms with Gasteiger partial charge in [-0.25, -0.2) is 4.39 Å². The van der Waals surface area contributed by atoms with Gasteiger partial charge in [-0.2, -0.15) is 0 Å². The lowest BCUT2D eigenvalue weighted by Gasteiger charge is -2.14. The monoisotopic (exact) mass is 217 g/mol. The highest BCUT2D eigenvalue weighted by molar-refractivity contribution is 6.31. The molecule has 0 radical (unpaired) electrons. The van der Waals surface area contributed by atoms with Crippen molar-refractivity contribution in [3.63, 3.8) is 0 Å². The maximum absolute atomic E-state index is 12.7. The SMILES string of the molecule is C[C@H](NCCO)c1ccc(F)cc1Cl. The molecule has 0 aliphatic carbocycles. The third kappa shape index (κ3) is 2.94. The highest BCUT2D eigenvalue weighted by Gasteiger charge is 2.08. The van der Waals surface area contributed by atoms with E-state index < -0.39 is 0 Å². The van der Waals surface area contributed by atoms with Crippen LogP contribution >= 0.6 is 11.6 Å². The molecule has 14 heavy (non-hydrogen) atoms. The minimum absolute atomic E-state index is 0.00949. The van der Waals surface area contributed by atoms with E-state index in [4.69, 9.17) is 16.7 Å². The lowest BCUT2D eigenvalue weighted by molar-refractivity contribution is 0.286. The first-order valence-corrected chi connectivity index (χ1v) is 4.82. The van der Waals surface area contributed by atoms with Crippen LogP contribution in [0.1, 0.15) is 18.5 Å². The van der Waals surface area contributed by atoms with Crippen molar-refractivity contribution in [1.82, 2.24) is 5.32 Å². The van der Waals surface area contributed by atoms with Crippen LogP contribution in [0, 0.1) is 5.82 Å². The number of nitrogens with one attached hydrogen (secondary N) is 1. The predicted octanol–water partition coefficient (Wildman–Crippen LogP) is 2.12. The normalized spacial score (nSPS) is 12.9. The molecule has 0 aromatic heterocycles. The summed E-state index contributed by atoms with van der Waals surface area (Å²) in [4.78, 5) is 0. The van der Waals surface area contributed by atoms with Crippen molar-refractivity contribution >= 4 is 11.6 Å². The molecule has 4 heteroatoms. The molecule has 1 aromatic carbocycles. The van der Waals surface area contributed by atoms with Crippen LogP contribution in [0.5, 0.6) is 0 Å². The Bertz CT molecular complexity index is 306. The van der Waals surface area contributed by atoms with Crippen LogP contribution in [-0.4, -0.2) is 18.3 Å². The second-order valence-electron chi connectivity index (χ2n) is 3.07. The summed E-state index contributed by atoms with van der Waals surface area (Å²) in [6, 6.07) is 4.31. The summed E-state index contributed by atoms with van der Waals surface area (Å²) in [7, 11) is 0. The fraction of sp³-hybridized carbons (Fsp3) is 0.400. The Morgan fingerprint density at radius 1 is 1.57 bits per heavy atom. The largest absolute Gasteiger partial charge is 0.395 e. The van der Waals surface area contributed by atoms with E-state index in [-0.39, 0.29) is 18.5 Å². The van der Waals surface area contributed by atoms with E-state index in [2.05, 4.69) is 5.32 Å². The maximum atomic E-state index is 12.7. The maximum Gasteiger partial charge on any atom is 0.124 e. The molecule has 0 unspecified atom stereocenters. The zero-order chi connectivity index (χ0) is 10.6. The van der Waals surface area contributed by atoms with Crippen LogP contribution in [0.3, 0.4) is 0 Å². The highest BCUT2D eigenvalue weighted by atomic mass is 35.5. The fourth-order valence-electron chi connectivity index (χ4n) is 1.24. The summed E-state index contributed by atoms with van der Waals surface area (Å²) in [5, 5.41) is 12.1. The van der Waals surface area contributed by atoms with Gasteiger partial charge in [-0.1, -0.05) is 17.7 Å². The fourth-order valence-corrected chi connectivity index (χ4v) is 1.57. The second kappa shape index (κ2) is 5.29. The van der Waals surface area contributed by atoms with Crippen molar-refractivity contribution in [2.24, 2.45) is 0 Å². The van der Waals surface area contributed by atoms with Crippen molar-refractivity contribution in [2.45, 2.75) is 13.0 Å². The Hall–Kier alpha value is -0.640. The number of hydrogen-bond acceptors (Lipinski definition) is 2. The van der Waals surface area contributed by atoms with Gasteiger partial charge in [-0.05, 0) is 24.6 Å². The van der Waals surface area contributed by atoms with E-state index in [1.165, 1.54) is 12.1 Å². The summed E-state index contributed by atoms with van der Waals surface area (Å²) in [6.45, 7) is 2.48. The minimum atomic E-state index is -0.340. The molecule has 78 valence electrons. The van der Waals surface area contributed by atoms with E-state index in [9.17, 15) is 4.39 Å². The van der Waals surface area contributed by atoms with Gasteiger partial charge in [0.2, 0.25) is 0 Å². The molecule has 0 saturated carbocycles. The van der Waals surface area contributed by atoms with Crippen molar-refractivity contribution in [1.29, 1.82) is 0 Å². The molecular weight excluding hydrogens is 205 g/mol. The number of halogens is 2. The van der Waals surface area contributed by atoms with Crippen LogP contribution < -0.4 is 5.32 Å². The molecule has 2 nitrogen and oxygen atoms in total. The van der Waals surface area contributed by atoms with Gasteiger partial charge < -0.3 is 10.4 Å².